The van der Waals surface area contributed by atoms with E-state index in [2.05, 4.69) is 17.1 Å². The van der Waals surface area contributed by atoms with Crippen molar-refractivity contribution in [3.8, 4) is 0 Å². The van der Waals surface area contributed by atoms with Crippen LogP contribution in [0, 0.1) is 17.6 Å². The van der Waals surface area contributed by atoms with Crippen molar-refractivity contribution >= 4 is 0 Å². The van der Waals surface area contributed by atoms with Crippen LogP contribution in [0.3, 0.4) is 0 Å². The number of nitrogens with one attached hydrogen (secondary N) is 1. The highest BCUT2D eigenvalue weighted by atomic mass is 19.2. The molecule has 0 saturated carbocycles. The van der Waals surface area contributed by atoms with E-state index in [1.807, 2.05) is 6.92 Å². The van der Waals surface area contributed by atoms with Crippen molar-refractivity contribution in [2.45, 2.75) is 32.7 Å². The minimum atomic E-state index is -0.789. The van der Waals surface area contributed by atoms with E-state index in [1.54, 1.807) is 6.07 Å². The quantitative estimate of drug-likeness (QED) is 0.891. The van der Waals surface area contributed by atoms with Crippen LogP contribution < -0.4 is 5.32 Å². The lowest BCUT2D eigenvalue weighted by Crippen LogP contribution is -2.38. The topological polar surface area (TPSA) is 15.3 Å². The zero-order chi connectivity index (χ0) is 14.5. The van der Waals surface area contributed by atoms with Crippen LogP contribution >= 0.6 is 0 Å². The average Bonchev–Trinajstić information content (AvgIpc) is 2.44. The smallest absolute Gasteiger partial charge is 0.159 e. The lowest BCUT2D eigenvalue weighted by Gasteiger charge is -2.30. The predicted octanol–water partition coefficient (Wildman–Crippen LogP) is 3.35. The number of piperidine rings is 1. The number of nitrogens with zero attached hydrogens (tertiary/aromatic N) is 1. The van der Waals surface area contributed by atoms with Gasteiger partial charge in [0.2, 0.25) is 0 Å². The van der Waals surface area contributed by atoms with Gasteiger partial charge in [-0.1, -0.05) is 13.0 Å². The molecule has 0 radical (unpaired) electrons. The molecule has 0 bridgehead atoms. The molecule has 2 rings (SSSR count). The summed E-state index contributed by atoms with van der Waals surface area (Å²) in [5.74, 6) is -0.718. The third-order valence-corrected chi connectivity index (χ3v) is 4.20. The number of likely N-dealkylation sites (tertiary alicyclic amines) is 1. The summed E-state index contributed by atoms with van der Waals surface area (Å²) in [4.78, 5) is 2.46. The first-order valence-corrected chi connectivity index (χ1v) is 7.47. The molecular formula is C16H24F2N2. The first-order chi connectivity index (χ1) is 9.56. The van der Waals surface area contributed by atoms with E-state index in [1.165, 1.54) is 38.1 Å². The number of halogens is 2. The Balaban J connectivity index is 1.74. The molecule has 1 saturated heterocycles. The van der Waals surface area contributed by atoms with Gasteiger partial charge in [-0.3, -0.25) is 0 Å². The van der Waals surface area contributed by atoms with Crippen molar-refractivity contribution < 1.29 is 8.78 Å². The zero-order valence-corrected chi connectivity index (χ0v) is 12.3. The normalized spacial score (nSPS) is 19.2. The van der Waals surface area contributed by atoms with Crippen LogP contribution in [0.2, 0.25) is 0 Å². The lowest BCUT2D eigenvalue weighted by molar-refractivity contribution is 0.191. The molecule has 0 spiro atoms. The molecule has 1 atom stereocenters. The minimum absolute atomic E-state index is 0.0359. The molecular weight excluding hydrogens is 258 g/mol. The number of hydrogen-bond donors (Lipinski definition) is 1. The number of hydrogen-bond acceptors (Lipinski definition) is 2. The fourth-order valence-corrected chi connectivity index (χ4v) is 2.62. The maximum Gasteiger partial charge on any atom is 0.159 e. The standard InChI is InChI=1S/C16H24F2N2/c1-12-5-8-20(9-6-12)10-7-19-13(2)14-3-4-15(17)16(18)11-14/h3-4,11-13,19H,5-10H2,1-2H3. The molecule has 0 aliphatic carbocycles. The van der Waals surface area contributed by atoms with Crippen LogP contribution in [-0.2, 0) is 0 Å². The molecule has 0 aromatic heterocycles. The van der Waals surface area contributed by atoms with Gasteiger partial charge in [-0.2, -0.15) is 0 Å². The monoisotopic (exact) mass is 282 g/mol. The highest BCUT2D eigenvalue weighted by Crippen LogP contribution is 2.17. The summed E-state index contributed by atoms with van der Waals surface area (Å²) in [5.41, 5.74) is 0.788. The third kappa shape index (κ3) is 4.25. The highest BCUT2D eigenvalue weighted by molar-refractivity contribution is 5.20. The van der Waals surface area contributed by atoms with E-state index < -0.39 is 11.6 Å². The minimum Gasteiger partial charge on any atom is -0.309 e. The summed E-state index contributed by atoms with van der Waals surface area (Å²) in [6.45, 7) is 8.51. The van der Waals surface area contributed by atoms with E-state index >= 15 is 0 Å². The molecule has 2 nitrogen and oxygen atoms in total. The Morgan fingerprint density at radius 2 is 1.95 bits per heavy atom. The van der Waals surface area contributed by atoms with Crippen LogP contribution in [0.25, 0.3) is 0 Å². The Morgan fingerprint density at radius 1 is 1.25 bits per heavy atom. The molecule has 1 heterocycles. The van der Waals surface area contributed by atoms with Crippen molar-refractivity contribution in [1.29, 1.82) is 0 Å². The summed E-state index contributed by atoms with van der Waals surface area (Å²) in [7, 11) is 0. The molecule has 1 unspecified atom stereocenters. The van der Waals surface area contributed by atoms with Crippen molar-refractivity contribution in [3.05, 3.63) is 35.4 Å². The van der Waals surface area contributed by atoms with Crippen molar-refractivity contribution in [2.75, 3.05) is 26.2 Å². The maximum absolute atomic E-state index is 13.2. The first kappa shape index (κ1) is 15.4. The van der Waals surface area contributed by atoms with E-state index in [9.17, 15) is 8.78 Å². The fourth-order valence-electron chi connectivity index (χ4n) is 2.62. The van der Waals surface area contributed by atoms with E-state index in [0.717, 1.165) is 24.6 Å². The van der Waals surface area contributed by atoms with Gasteiger partial charge in [0.15, 0.2) is 11.6 Å². The molecule has 20 heavy (non-hydrogen) atoms. The van der Waals surface area contributed by atoms with Gasteiger partial charge in [-0.25, -0.2) is 8.78 Å². The largest absolute Gasteiger partial charge is 0.309 e. The second-order valence-corrected chi connectivity index (χ2v) is 5.87. The van der Waals surface area contributed by atoms with Crippen molar-refractivity contribution in [2.24, 2.45) is 5.92 Å². The van der Waals surface area contributed by atoms with Crippen molar-refractivity contribution in [1.82, 2.24) is 10.2 Å². The van der Waals surface area contributed by atoms with Gasteiger partial charge in [0.1, 0.15) is 0 Å². The maximum atomic E-state index is 13.2. The third-order valence-electron chi connectivity index (χ3n) is 4.20. The van der Waals surface area contributed by atoms with Gasteiger partial charge in [0.25, 0.3) is 0 Å². The Bertz CT molecular complexity index is 428. The second kappa shape index (κ2) is 7.14. The second-order valence-electron chi connectivity index (χ2n) is 5.87. The molecule has 1 aromatic rings. The summed E-state index contributed by atoms with van der Waals surface area (Å²) < 4.78 is 26.1. The van der Waals surface area contributed by atoms with Crippen LogP contribution in [0.4, 0.5) is 8.78 Å². The summed E-state index contributed by atoms with van der Waals surface area (Å²) >= 11 is 0. The summed E-state index contributed by atoms with van der Waals surface area (Å²) in [6, 6.07) is 4.14. The van der Waals surface area contributed by atoms with Crippen LogP contribution in [0.15, 0.2) is 18.2 Å². The molecule has 0 amide bonds. The Labute approximate surface area is 120 Å². The van der Waals surface area contributed by atoms with E-state index in [-0.39, 0.29) is 6.04 Å². The molecule has 1 aliphatic heterocycles. The predicted molar refractivity (Wildman–Crippen MR) is 77.6 cm³/mol. The van der Waals surface area contributed by atoms with Gasteiger partial charge in [0.05, 0.1) is 0 Å². The Hall–Kier alpha value is -1.00. The van der Waals surface area contributed by atoms with Gasteiger partial charge in [0, 0.05) is 19.1 Å². The van der Waals surface area contributed by atoms with E-state index in [0.29, 0.717) is 0 Å². The molecule has 1 N–H and O–H groups in total. The van der Waals surface area contributed by atoms with Crippen LogP contribution in [0.1, 0.15) is 38.3 Å². The molecule has 1 aliphatic rings. The average molecular weight is 282 g/mol. The van der Waals surface area contributed by atoms with Crippen LogP contribution in [-0.4, -0.2) is 31.1 Å². The first-order valence-electron chi connectivity index (χ1n) is 7.47. The summed E-state index contributed by atoms with van der Waals surface area (Å²) in [5, 5.41) is 3.37. The Kier molecular flexibility index (Phi) is 5.49. The lowest BCUT2D eigenvalue weighted by atomic mass is 9.99. The SMILES string of the molecule is CC1CCN(CCNC(C)c2ccc(F)c(F)c2)CC1. The van der Waals surface area contributed by atoms with Gasteiger partial charge in [-0.05, 0) is 56.5 Å². The van der Waals surface area contributed by atoms with Crippen molar-refractivity contribution in [3.63, 3.8) is 0 Å². The molecule has 112 valence electrons. The summed E-state index contributed by atoms with van der Waals surface area (Å²) in [6.07, 6.45) is 2.55. The van der Waals surface area contributed by atoms with Gasteiger partial charge >= 0.3 is 0 Å². The van der Waals surface area contributed by atoms with Gasteiger partial charge in [-0.15, -0.1) is 0 Å². The Morgan fingerprint density at radius 3 is 2.60 bits per heavy atom. The molecule has 1 aromatic carbocycles. The van der Waals surface area contributed by atoms with Gasteiger partial charge < -0.3 is 10.2 Å². The van der Waals surface area contributed by atoms with E-state index in [4.69, 9.17) is 0 Å². The number of rotatable bonds is 5. The molecule has 1 fully saturated rings. The molecule has 4 heteroatoms. The number of benzene rings is 1. The zero-order valence-electron chi connectivity index (χ0n) is 12.3. The fraction of sp³-hybridized carbons (Fsp3) is 0.625. The van der Waals surface area contributed by atoms with Crippen LogP contribution in [0.5, 0.6) is 0 Å². The highest BCUT2D eigenvalue weighted by Gasteiger charge is 2.15.